The van der Waals surface area contributed by atoms with Crippen molar-refractivity contribution < 1.29 is 19.1 Å². The highest BCUT2D eigenvalue weighted by Crippen LogP contribution is 2.47. The summed E-state index contributed by atoms with van der Waals surface area (Å²) in [5, 5.41) is 3.44. The van der Waals surface area contributed by atoms with Crippen LogP contribution in [0.15, 0.2) is 77.1 Å². The zero-order valence-electron chi connectivity index (χ0n) is 19.8. The number of Topliss-reactive ketones (excluding diaryl/α,β-unsaturated/α-hetero) is 1. The van der Waals surface area contributed by atoms with E-state index in [9.17, 15) is 9.59 Å². The number of rotatable bonds is 5. The van der Waals surface area contributed by atoms with Crippen LogP contribution in [0.5, 0.6) is 5.75 Å². The van der Waals surface area contributed by atoms with Crippen LogP contribution in [-0.4, -0.2) is 25.0 Å². The Balaban J connectivity index is 1.58. The average molecular weight is 458 g/mol. The lowest BCUT2D eigenvalue weighted by Gasteiger charge is -2.37. The molecule has 5 nitrogen and oxygen atoms in total. The van der Waals surface area contributed by atoms with Gasteiger partial charge in [0.25, 0.3) is 0 Å². The standard InChI is InChI=1S/C29H31NO4/c1-18-26(29(32)34-21-12-6-7-13-21)27(22-14-8-9-15-25(22)33-2)28-23(30-18)16-20(17-24(28)31)19-10-4-3-5-11-19/h3-5,8-11,14-15,20-21,27,30H,6-7,12-13,16-17H2,1-2H3/t20-,27-/m1/s1. The third-order valence-corrected chi connectivity index (χ3v) is 7.34. The summed E-state index contributed by atoms with van der Waals surface area (Å²) in [6.45, 7) is 1.91. The van der Waals surface area contributed by atoms with Crippen LogP contribution < -0.4 is 10.1 Å². The second-order valence-corrected chi connectivity index (χ2v) is 9.48. The maximum atomic E-state index is 13.7. The summed E-state index contributed by atoms with van der Waals surface area (Å²) >= 11 is 0. The van der Waals surface area contributed by atoms with E-state index in [1.807, 2.05) is 49.4 Å². The van der Waals surface area contributed by atoms with Gasteiger partial charge in [-0.3, -0.25) is 4.79 Å². The molecule has 2 atom stereocenters. The zero-order chi connectivity index (χ0) is 23.7. The molecule has 0 bridgehead atoms. The van der Waals surface area contributed by atoms with Crippen molar-refractivity contribution in [1.82, 2.24) is 5.32 Å². The highest BCUT2D eigenvalue weighted by Gasteiger charge is 2.42. The molecule has 0 saturated heterocycles. The second-order valence-electron chi connectivity index (χ2n) is 9.48. The first-order valence-electron chi connectivity index (χ1n) is 12.2. The van der Waals surface area contributed by atoms with Gasteiger partial charge in [-0.25, -0.2) is 4.79 Å². The van der Waals surface area contributed by atoms with Gasteiger partial charge in [-0.05, 0) is 56.6 Å². The van der Waals surface area contributed by atoms with Crippen molar-refractivity contribution in [1.29, 1.82) is 0 Å². The van der Waals surface area contributed by atoms with Crippen molar-refractivity contribution >= 4 is 11.8 Å². The number of methoxy groups -OCH3 is 1. The van der Waals surface area contributed by atoms with Crippen LogP contribution in [0.25, 0.3) is 0 Å². The van der Waals surface area contributed by atoms with E-state index in [0.717, 1.165) is 54.6 Å². The molecule has 0 amide bonds. The molecule has 176 valence electrons. The largest absolute Gasteiger partial charge is 0.496 e. The molecule has 1 saturated carbocycles. The Bertz CT molecular complexity index is 1160. The Morgan fingerprint density at radius 2 is 1.68 bits per heavy atom. The summed E-state index contributed by atoms with van der Waals surface area (Å²) in [7, 11) is 1.62. The Kier molecular flexibility index (Phi) is 6.27. The number of ether oxygens (including phenoxy) is 2. The third kappa shape index (κ3) is 4.15. The number of nitrogens with one attached hydrogen (secondary N) is 1. The summed E-state index contributed by atoms with van der Waals surface area (Å²) in [5.41, 5.74) is 4.81. The van der Waals surface area contributed by atoms with Crippen LogP contribution in [0.1, 0.15) is 68.4 Å². The second kappa shape index (κ2) is 9.49. The van der Waals surface area contributed by atoms with Crippen molar-refractivity contribution in [3.8, 4) is 5.75 Å². The molecule has 5 rings (SSSR count). The molecular formula is C29H31NO4. The molecule has 5 heteroatoms. The van der Waals surface area contributed by atoms with Crippen LogP contribution >= 0.6 is 0 Å². The van der Waals surface area contributed by atoms with Gasteiger partial charge in [-0.2, -0.15) is 0 Å². The molecule has 34 heavy (non-hydrogen) atoms. The van der Waals surface area contributed by atoms with Gasteiger partial charge in [0.2, 0.25) is 0 Å². The van der Waals surface area contributed by atoms with Gasteiger partial charge < -0.3 is 14.8 Å². The van der Waals surface area contributed by atoms with Crippen LogP contribution in [0.4, 0.5) is 0 Å². The number of hydrogen-bond acceptors (Lipinski definition) is 5. The summed E-state index contributed by atoms with van der Waals surface area (Å²) in [6, 6.07) is 17.8. The minimum Gasteiger partial charge on any atom is -0.496 e. The number of carbonyl (C=O) groups excluding carboxylic acids is 2. The molecule has 2 aromatic carbocycles. The number of dihydropyridines is 1. The first-order chi connectivity index (χ1) is 16.6. The molecule has 2 aromatic rings. The van der Waals surface area contributed by atoms with E-state index in [0.29, 0.717) is 23.3 Å². The third-order valence-electron chi connectivity index (χ3n) is 7.34. The van der Waals surface area contributed by atoms with Gasteiger partial charge in [-0.15, -0.1) is 0 Å². The van der Waals surface area contributed by atoms with Crippen molar-refractivity contribution in [2.75, 3.05) is 7.11 Å². The van der Waals surface area contributed by atoms with Crippen molar-refractivity contribution in [3.05, 3.63) is 88.3 Å². The number of para-hydroxylation sites is 1. The number of benzene rings is 2. The summed E-state index contributed by atoms with van der Waals surface area (Å²) < 4.78 is 11.6. The molecule has 0 unspecified atom stereocenters. The van der Waals surface area contributed by atoms with E-state index < -0.39 is 5.92 Å². The normalized spacial score (nSPS) is 22.9. The molecule has 0 spiro atoms. The first-order valence-corrected chi connectivity index (χ1v) is 12.2. The monoisotopic (exact) mass is 457 g/mol. The number of esters is 1. The molecular weight excluding hydrogens is 426 g/mol. The Labute approximate surface area is 200 Å². The highest BCUT2D eigenvalue weighted by atomic mass is 16.5. The first kappa shape index (κ1) is 22.5. The van der Waals surface area contributed by atoms with Crippen molar-refractivity contribution in [2.45, 2.75) is 63.4 Å². The SMILES string of the molecule is COc1ccccc1[C@@H]1C(C(=O)OC2CCCC2)=C(C)NC2=C1C(=O)C[C@H](c1ccccc1)C2. The predicted octanol–water partition coefficient (Wildman–Crippen LogP) is 5.54. The van der Waals surface area contributed by atoms with Gasteiger partial charge in [0.15, 0.2) is 5.78 Å². The maximum absolute atomic E-state index is 13.7. The molecule has 3 aliphatic rings. The lowest BCUT2D eigenvalue weighted by atomic mass is 9.71. The summed E-state index contributed by atoms with van der Waals surface area (Å²) in [6.07, 6.45) is 5.05. The highest BCUT2D eigenvalue weighted by molar-refractivity contribution is 6.04. The van der Waals surface area contributed by atoms with E-state index in [1.54, 1.807) is 7.11 Å². The summed E-state index contributed by atoms with van der Waals surface area (Å²) in [4.78, 5) is 27.2. The number of hydrogen-bond donors (Lipinski definition) is 1. The Morgan fingerprint density at radius 1 is 0.971 bits per heavy atom. The van der Waals surface area contributed by atoms with Gasteiger partial charge >= 0.3 is 5.97 Å². The number of carbonyl (C=O) groups is 2. The molecule has 1 heterocycles. The fraction of sp³-hybridized carbons (Fsp3) is 0.379. The molecule has 2 aliphatic carbocycles. The van der Waals surface area contributed by atoms with Crippen LogP contribution in [0, 0.1) is 0 Å². The van der Waals surface area contributed by atoms with Crippen LogP contribution in [0.3, 0.4) is 0 Å². The molecule has 1 aliphatic heterocycles. The molecule has 1 N–H and O–H groups in total. The smallest absolute Gasteiger partial charge is 0.337 e. The van der Waals surface area contributed by atoms with E-state index in [2.05, 4.69) is 17.4 Å². The van der Waals surface area contributed by atoms with E-state index in [1.165, 1.54) is 0 Å². The fourth-order valence-electron chi connectivity index (χ4n) is 5.71. The van der Waals surface area contributed by atoms with Gasteiger partial charge in [0, 0.05) is 29.0 Å². The average Bonchev–Trinajstić information content (AvgIpc) is 3.36. The van der Waals surface area contributed by atoms with E-state index in [-0.39, 0.29) is 23.8 Å². The molecule has 0 aromatic heterocycles. The van der Waals surface area contributed by atoms with Gasteiger partial charge in [0.05, 0.1) is 18.6 Å². The molecule has 1 fully saturated rings. The fourth-order valence-corrected chi connectivity index (χ4v) is 5.71. The topological polar surface area (TPSA) is 64.6 Å². The van der Waals surface area contributed by atoms with Crippen LogP contribution in [0.2, 0.25) is 0 Å². The maximum Gasteiger partial charge on any atom is 0.337 e. The van der Waals surface area contributed by atoms with Gasteiger partial charge in [-0.1, -0.05) is 48.5 Å². The van der Waals surface area contributed by atoms with Crippen LogP contribution in [-0.2, 0) is 14.3 Å². The zero-order valence-corrected chi connectivity index (χ0v) is 19.8. The lowest BCUT2D eigenvalue weighted by molar-refractivity contribution is -0.144. The van der Waals surface area contributed by atoms with Crippen molar-refractivity contribution in [3.63, 3.8) is 0 Å². The summed E-state index contributed by atoms with van der Waals surface area (Å²) in [5.74, 6) is -0.00343. The minimum atomic E-state index is -0.509. The van der Waals surface area contributed by atoms with E-state index >= 15 is 0 Å². The minimum absolute atomic E-state index is 0.0500. The van der Waals surface area contributed by atoms with Gasteiger partial charge in [0.1, 0.15) is 11.9 Å². The quantitative estimate of drug-likeness (QED) is 0.597. The Morgan fingerprint density at radius 3 is 2.41 bits per heavy atom. The lowest BCUT2D eigenvalue weighted by Crippen LogP contribution is -2.36. The van der Waals surface area contributed by atoms with Crippen molar-refractivity contribution in [2.24, 2.45) is 0 Å². The number of ketones is 1. The number of allylic oxidation sites excluding steroid dienone is 3. The predicted molar refractivity (Wildman–Crippen MR) is 130 cm³/mol. The molecule has 0 radical (unpaired) electrons. The Hall–Kier alpha value is -3.34. The van der Waals surface area contributed by atoms with E-state index in [4.69, 9.17) is 9.47 Å².